The molecular weight excluding hydrogens is 287 g/mol. The Morgan fingerprint density at radius 1 is 1.57 bits per heavy atom. The first-order valence-corrected chi connectivity index (χ1v) is 5.61. The molecule has 14 heavy (non-hydrogen) atoms. The molecule has 3 N–H and O–H groups in total. The van der Waals surface area contributed by atoms with E-state index in [9.17, 15) is 0 Å². The Kier molecular flexibility index (Phi) is 4.25. The van der Waals surface area contributed by atoms with Crippen molar-refractivity contribution in [3.8, 4) is 0 Å². The van der Waals surface area contributed by atoms with E-state index >= 15 is 0 Å². The van der Waals surface area contributed by atoms with Gasteiger partial charge in [-0.15, -0.1) is 6.58 Å². The number of nitrogen functional groups attached to an aromatic ring is 1. The molecule has 0 atom stereocenters. The van der Waals surface area contributed by atoms with Crippen LogP contribution < -0.4 is 11.1 Å². The number of anilines is 2. The summed E-state index contributed by atoms with van der Waals surface area (Å²) >= 11 is 2.25. The Morgan fingerprint density at radius 2 is 2.29 bits per heavy atom. The molecule has 0 radical (unpaired) electrons. The van der Waals surface area contributed by atoms with E-state index in [0.29, 0.717) is 0 Å². The van der Waals surface area contributed by atoms with Gasteiger partial charge in [0.2, 0.25) is 0 Å². The van der Waals surface area contributed by atoms with Gasteiger partial charge in [0.05, 0.1) is 11.4 Å². The predicted octanol–water partition coefficient (Wildman–Crippen LogP) is 3.25. The van der Waals surface area contributed by atoms with Crippen molar-refractivity contribution in [2.24, 2.45) is 0 Å². The Labute approximate surface area is 98.7 Å². The van der Waals surface area contributed by atoms with Crippen LogP contribution in [0.15, 0.2) is 30.4 Å². The average molecular weight is 302 g/mol. The van der Waals surface area contributed by atoms with Crippen molar-refractivity contribution < 1.29 is 0 Å². The van der Waals surface area contributed by atoms with E-state index in [2.05, 4.69) is 34.5 Å². The third-order valence-corrected chi connectivity index (χ3v) is 2.55. The van der Waals surface area contributed by atoms with Crippen LogP contribution in [0.1, 0.15) is 13.3 Å². The van der Waals surface area contributed by atoms with Crippen molar-refractivity contribution in [1.29, 1.82) is 0 Å². The van der Waals surface area contributed by atoms with Crippen LogP contribution in [-0.4, -0.2) is 6.54 Å². The van der Waals surface area contributed by atoms with Crippen LogP contribution in [0.3, 0.4) is 0 Å². The van der Waals surface area contributed by atoms with Crippen LogP contribution in [0.4, 0.5) is 11.4 Å². The van der Waals surface area contributed by atoms with Crippen LogP contribution in [0, 0.1) is 3.57 Å². The fourth-order valence-electron chi connectivity index (χ4n) is 1.11. The molecule has 0 saturated heterocycles. The molecule has 0 aliphatic rings. The highest BCUT2D eigenvalue weighted by atomic mass is 127. The van der Waals surface area contributed by atoms with Gasteiger partial charge in [0.25, 0.3) is 0 Å². The maximum Gasteiger partial charge on any atom is 0.0574 e. The molecular formula is C11H15IN2. The van der Waals surface area contributed by atoms with Crippen LogP contribution in [0.2, 0.25) is 0 Å². The second kappa shape index (κ2) is 5.24. The Bertz CT molecular complexity index is 334. The summed E-state index contributed by atoms with van der Waals surface area (Å²) < 4.78 is 1.16. The molecule has 2 nitrogen and oxygen atoms in total. The molecule has 3 heteroatoms. The van der Waals surface area contributed by atoms with Crippen molar-refractivity contribution in [3.05, 3.63) is 33.9 Å². The smallest absolute Gasteiger partial charge is 0.0574 e. The fourth-order valence-corrected chi connectivity index (χ4v) is 1.62. The van der Waals surface area contributed by atoms with Crippen LogP contribution >= 0.6 is 22.6 Å². The van der Waals surface area contributed by atoms with E-state index in [1.807, 2.05) is 25.1 Å². The second-order valence-electron chi connectivity index (χ2n) is 3.37. The summed E-state index contributed by atoms with van der Waals surface area (Å²) in [7, 11) is 0. The molecule has 0 aliphatic carbocycles. The third-order valence-electron chi connectivity index (χ3n) is 1.88. The maximum absolute atomic E-state index is 5.85. The average Bonchev–Trinajstić information content (AvgIpc) is 2.08. The third kappa shape index (κ3) is 3.57. The molecule has 1 aromatic rings. The summed E-state index contributed by atoms with van der Waals surface area (Å²) in [6.07, 6.45) is 0.978. The minimum Gasteiger partial charge on any atom is -0.397 e. The Hall–Kier alpha value is -0.710. The van der Waals surface area contributed by atoms with Crippen molar-refractivity contribution in [2.45, 2.75) is 13.3 Å². The van der Waals surface area contributed by atoms with Gasteiger partial charge >= 0.3 is 0 Å². The lowest BCUT2D eigenvalue weighted by atomic mass is 10.2. The number of benzene rings is 1. The Balaban J connectivity index is 2.55. The SMILES string of the molecule is C=C(C)CCNc1ccc(I)cc1N. The minimum atomic E-state index is 0.804. The minimum absolute atomic E-state index is 0.804. The van der Waals surface area contributed by atoms with E-state index in [1.54, 1.807) is 0 Å². The summed E-state index contributed by atoms with van der Waals surface area (Å²) in [5.74, 6) is 0. The molecule has 76 valence electrons. The zero-order valence-corrected chi connectivity index (χ0v) is 10.5. The summed E-state index contributed by atoms with van der Waals surface area (Å²) in [6.45, 7) is 6.77. The first-order chi connectivity index (χ1) is 6.59. The molecule has 0 aromatic heterocycles. The number of halogens is 1. The highest BCUT2D eigenvalue weighted by molar-refractivity contribution is 14.1. The van der Waals surface area contributed by atoms with E-state index in [0.717, 1.165) is 27.9 Å². The molecule has 0 fully saturated rings. The van der Waals surface area contributed by atoms with Crippen molar-refractivity contribution in [1.82, 2.24) is 0 Å². The molecule has 1 rings (SSSR count). The molecule has 0 saturated carbocycles. The number of hydrogen-bond acceptors (Lipinski definition) is 2. The molecule has 0 heterocycles. The zero-order chi connectivity index (χ0) is 10.6. The van der Waals surface area contributed by atoms with E-state index in [-0.39, 0.29) is 0 Å². The van der Waals surface area contributed by atoms with Gasteiger partial charge in [-0.1, -0.05) is 5.57 Å². The zero-order valence-electron chi connectivity index (χ0n) is 8.31. The molecule has 0 unspecified atom stereocenters. The van der Waals surface area contributed by atoms with Gasteiger partial charge in [-0.05, 0) is 54.1 Å². The highest BCUT2D eigenvalue weighted by Gasteiger charge is 1.98. The topological polar surface area (TPSA) is 38.0 Å². The van der Waals surface area contributed by atoms with Gasteiger partial charge in [0.15, 0.2) is 0 Å². The number of hydrogen-bond donors (Lipinski definition) is 2. The maximum atomic E-state index is 5.85. The van der Waals surface area contributed by atoms with Crippen molar-refractivity contribution in [3.63, 3.8) is 0 Å². The standard InChI is InChI=1S/C11H15IN2/c1-8(2)5-6-14-11-4-3-9(12)7-10(11)13/h3-4,7,14H,1,5-6,13H2,2H3. The lowest BCUT2D eigenvalue weighted by Crippen LogP contribution is -2.04. The van der Waals surface area contributed by atoms with Crippen LogP contribution in [-0.2, 0) is 0 Å². The quantitative estimate of drug-likeness (QED) is 0.509. The van der Waals surface area contributed by atoms with Crippen LogP contribution in [0.25, 0.3) is 0 Å². The van der Waals surface area contributed by atoms with Gasteiger partial charge in [0, 0.05) is 10.1 Å². The largest absolute Gasteiger partial charge is 0.397 e. The Morgan fingerprint density at radius 3 is 2.86 bits per heavy atom. The molecule has 1 aromatic carbocycles. The van der Waals surface area contributed by atoms with Gasteiger partial charge in [-0.2, -0.15) is 0 Å². The molecule has 0 bridgehead atoms. The van der Waals surface area contributed by atoms with Gasteiger partial charge < -0.3 is 11.1 Å². The summed E-state index contributed by atoms with van der Waals surface area (Å²) in [5.41, 5.74) is 8.84. The fraction of sp³-hybridized carbons (Fsp3) is 0.273. The molecule has 0 aliphatic heterocycles. The summed E-state index contributed by atoms with van der Waals surface area (Å²) in [4.78, 5) is 0. The van der Waals surface area contributed by atoms with E-state index < -0.39 is 0 Å². The van der Waals surface area contributed by atoms with E-state index in [4.69, 9.17) is 5.73 Å². The summed E-state index contributed by atoms with van der Waals surface area (Å²) in [5, 5.41) is 3.28. The van der Waals surface area contributed by atoms with Gasteiger partial charge in [0.1, 0.15) is 0 Å². The van der Waals surface area contributed by atoms with Crippen molar-refractivity contribution in [2.75, 3.05) is 17.6 Å². The lowest BCUT2D eigenvalue weighted by Gasteiger charge is -2.09. The number of nitrogens with two attached hydrogens (primary N) is 1. The first kappa shape index (κ1) is 11.4. The molecule has 0 amide bonds. The normalized spacial score (nSPS) is 9.86. The van der Waals surface area contributed by atoms with Crippen LogP contribution in [0.5, 0.6) is 0 Å². The number of nitrogens with one attached hydrogen (secondary N) is 1. The van der Waals surface area contributed by atoms with Gasteiger partial charge in [-0.3, -0.25) is 0 Å². The number of rotatable bonds is 4. The van der Waals surface area contributed by atoms with Gasteiger partial charge in [-0.25, -0.2) is 0 Å². The highest BCUT2D eigenvalue weighted by Crippen LogP contribution is 2.20. The second-order valence-corrected chi connectivity index (χ2v) is 4.61. The van der Waals surface area contributed by atoms with E-state index in [1.165, 1.54) is 5.57 Å². The monoisotopic (exact) mass is 302 g/mol. The predicted molar refractivity (Wildman–Crippen MR) is 71.5 cm³/mol. The van der Waals surface area contributed by atoms with Crippen molar-refractivity contribution >= 4 is 34.0 Å². The first-order valence-electron chi connectivity index (χ1n) is 4.53. The lowest BCUT2D eigenvalue weighted by molar-refractivity contribution is 1.00. The summed E-state index contributed by atoms with van der Waals surface area (Å²) in [6, 6.07) is 6.01. The molecule has 0 spiro atoms.